The third-order valence-corrected chi connectivity index (χ3v) is 6.52. The zero-order chi connectivity index (χ0) is 25.3. The molecule has 1 fully saturated rings. The van der Waals surface area contributed by atoms with Crippen LogP contribution < -0.4 is 21.9 Å². The van der Waals surface area contributed by atoms with Gasteiger partial charge in [0.25, 0.3) is 0 Å². The van der Waals surface area contributed by atoms with Crippen LogP contribution in [0, 0.1) is 0 Å². The van der Waals surface area contributed by atoms with Crippen LogP contribution >= 0.6 is 0 Å². The zero-order valence-corrected chi connectivity index (χ0v) is 21.2. The fourth-order valence-electron chi connectivity index (χ4n) is 4.39. The predicted molar refractivity (Wildman–Crippen MR) is 138 cm³/mol. The molecule has 13 nitrogen and oxygen atoms in total. The average Bonchev–Trinajstić information content (AvgIpc) is 3.46. The van der Waals surface area contributed by atoms with Crippen LogP contribution in [0.5, 0.6) is 6.01 Å². The molecule has 0 spiro atoms. The highest BCUT2D eigenvalue weighted by atomic mass is 16.5. The van der Waals surface area contributed by atoms with Crippen LogP contribution in [0.25, 0.3) is 11.2 Å². The minimum atomic E-state index is -0.325. The number of hydrogen-bond acceptors (Lipinski definition) is 10. The molecule has 0 atom stereocenters. The number of nitrogen functional groups attached to an aromatic ring is 1. The highest BCUT2D eigenvalue weighted by Crippen LogP contribution is 2.18. The summed E-state index contributed by atoms with van der Waals surface area (Å²) in [4.78, 5) is 28.9. The molecule has 36 heavy (non-hydrogen) atoms. The standard InChI is InChI=1S/C23H39N11O2/c1-2-3-15-36-22-27-20(25)19-21(28-22)34(23(35)26-19)17-18-16-33(30-29-18)10-5-4-8-31-11-13-32(14-12-31)9-6-7-24/h16H,2-15,17,24H2,1H3,(H,26,35)(H2,25,27,28). The average molecular weight is 502 g/mol. The summed E-state index contributed by atoms with van der Waals surface area (Å²) in [5.41, 5.74) is 12.8. The van der Waals surface area contributed by atoms with Crippen molar-refractivity contribution in [3.63, 3.8) is 0 Å². The first-order chi connectivity index (χ1) is 17.6. The highest BCUT2D eigenvalue weighted by molar-refractivity contribution is 5.81. The molecule has 0 saturated carbocycles. The number of H-pyrrole nitrogens is 1. The molecule has 4 heterocycles. The Morgan fingerprint density at radius 3 is 2.47 bits per heavy atom. The Labute approximate surface area is 210 Å². The van der Waals surface area contributed by atoms with Gasteiger partial charge in [-0.05, 0) is 45.3 Å². The monoisotopic (exact) mass is 501 g/mol. The lowest BCUT2D eigenvalue weighted by Gasteiger charge is -2.34. The summed E-state index contributed by atoms with van der Waals surface area (Å²) in [5.74, 6) is 0.183. The summed E-state index contributed by atoms with van der Waals surface area (Å²) in [6.07, 6.45) is 6.96. The van der Waals surface area contributed by atoms with E-state index in [2.05, 4.69) is 42.0 Å². The van der Waals surface area contributed by atoms with Crippen LogP contribution in [0.1, 0.15) is 44.7 Å². The van der Waals surface area contributed by atoms with Crippen LogP contribution in [-0.4, -0.2) is 96.7 Å². The van der Waals surface area contributed by atoms with Crippen molar-refractivity contribution < 1.29 is 4.74 Å². The second kappa shape index (κ2) is 12.8. The van der Waals surface area contributed by atoms with Crippen molar-refractivity contribution in [1.82, 2.24) is 44.3 Å². The van der Waals surface area contributed by atoms with Gasteiger partial charge in [-0.3, -0.25) is 9.25 Å². The Morgan fingerprint density at radius 1 is 1.03 bits per heavy atom. The summed E-state index contributed by atoms with van der Waals surface area (Å²) < 4.78 is 8.92. The molecule has 13 heteroatoms. The number of anilines is 1. The van der Waals surface area contributed by atoms with E-state index in [1.807, 2.05) is 10.9 Å². The molecule has 0 amide bonds. The smallest absolute Gasteiger partial charge is 0.328 e. The Morgan fingerprint density at radius 2 is 1.75 bits per heavy atom. The number of hydrogen-bond donors (Lipinski definition) is 3. The minimum absolute atomic E-state index is 0.168. The Bertz CT molecular complexity index is 1150. The normalized spacial score (nSPS) is 15.2. The topological polar surface area (TPSA) is 162 Å². The van der Waals surface area contributed by atoms with Crippen LogP contribution in [-0.2, 0) is 13.1 Å². The Balaban J connectivity index is 1.27. The molecule has 4 rings (SSSR count). The van der Waals surface area contributed by atoms with Gasteiger partial charge in [0.05, 0.1) is 19.3 Å². The van der Waals surface area contributed by atoms with Crippen LogP contribution in [0.4, 0.5) is 5.82 Å². The molecule has 0 radical (unpaired) electrons. The van der Waals surface area contributed by atoms with Crippen molar-refractivity contribution in [3.8, 4) is 6.01 Å². The maximum absolute atomic E-state index is 12.6. The number of aryl methyl sites for hydroxylation is 1. The summed E-state index contributed by atoms with van der Waals surface area (Å²) in [6, 6.07) is 0.168. The van der Waals surface area contributed by atoms with Crippen molar-refractivity contribution in [2.75, 3.05) is 58.2 Å². The van der Waals surface area contributed by atoms with E-state index in [4.69, 9.17) is 16.2 Å². The van der Waals surface area contributed by atoms with Crippen molar-refractivity contribution in [1.29, 1.82) is 0 Å². The van der Waals surface area contributed by atoms with E-state index in [1.165, 1.54) is 4.57 Å². The summed E-state index contributed by atoms with van der Waals surface area (Å²) in [5, 5.41) is 8.50. The van der Waals surface area contributed by atoms with Gasteiger partial charge in [-0.1, -0.05) is 18.6 Å². The predicted octanol–water partition coefficient (Wildman–Crippen LogP) is 0.267. The van der Waals surface area contributed by atoms with Crippen molar-refractivity contribution in [2.45, 2.75) is 52.1 Å². The van der Waals surface area contributed by atoms with Gasteiger partial charge in [0.2, 0.25) is 0 Å². The largest absolute Gasteiger partial charge is 0.463 e. The molecule has 3 aromatic heterocycles. The summed E-state index contributed by atoms with van der Waals surface area (Å²) in [6.45, 7) is 11.1. The lowest BCUT2D eigenvalue weighted by molar-refractivity contribution is 0.130. The molecule has 1 aliphatic heterocycles. The number of piperazine rings is 1. The SMILES string of the molecule is CCCCOc1nc(N)c2[nH]c(=O)n(Cc3cn(CCCCN4CCN(CCCN)CC4)nn3)c2n1. The van der Waals surface area contributed by atoms with E-state index in [0.717, 1.165) is 84.5 Å². The number of unbranched alkanes of at least 4 members (excludes halogenated alkanes) is 2. The first-order valence-electron chi connectivity index (χ1n) is 13.0. The zero-order valence-electron chi connectivity index (χ0n) is 21.2. The van der Waals surface area contributed by atoms with E-state index in [9.17, 15) is 4.79 Å². The first-order valence-corrected chi connectivity index (χ1v) is 13.0. The van der Waals surface area contributed by atoms with Crippen molar-refractivity contribution in [2.24, 2.45) is 5.73 Å². The van der Waals surface area contributed by atoms with Gasteiger partial charge >= 0.3 is 11.7 Å². The van der Waals surface area contributed by atoms with E-state index >= 15 is 0 Å². The lowest BCUT2D eigenvalue weighted by atomic mass is 10.2. The molecular formula is C23H39N11O2. The third kappa shape index (κ3) is 6.80. The van der Waals surface area contributed by atoms with Crippen LogP contribution in [0.3, 0.4) is 0 Å². The van der Waals surface area contributed by atoms with Gasteiger partial charge in [0.15, 0.2) is 11.5 Å². The van der Waals surface area contributed by atoms with E-state index in [0.29, 0.717) is 23.5 Å². The summed E-state index contributed by atoms with van der Waals surface area (Å²) in [7, 11) is 0. The molecule has 0 bridgehead atoms. The maximum atomic E-state index is 12.6. The maximum Gasteiger partial charge on any atom is 0.328 e. The van der Waals surface area contributed by atoms with Gasteiger partial charge in [0, 0.05) is 32.7 Å². The number of nitrogens with one attached hydrogen (secondary N) is 1. The number of aromatic amines is 1. The summed E-state index contributed by atoms with van der Waals surface area (Å²) >= 11 is 0. The van der Waals surface area contributed by atoms with Crippen LogP contribution in [0.15, 0.2) is 11.0 Å². The van der Waals surface area contributed by atoms with E-state index in [1.54, 1.807) is 0 Å². The Kier molecular flexibility index (Phi) is 9.25. The number of nitrogens with zero attached hydrogens (tertiary/aromatic N) is 8. The third-order valence-electron chi connectivity index (χ3n) is 6.52. The molecule has 3 aromatic rings. The fourth-order valence-corrected chi connectivity index (χ4v) is 4.39. The Hall–Kier alpha value is -3.03. The second-order valence-electron chi connectivity index (χ2n) is 9.31. The number of fused-ring (bicyclic) bond motifs is 1. The second-order valence-corrected chi connectivity index (χ2v) is 9.31. The first kappa shape index (κ1) is 26.0. The molecule has 198 valence electrons. The van der Waals surface area contributed by atoms with Crippen LogP contribution in [0.2, 0.25) is 0 Å². The number of aromatic nitrogens is 7. The quantitative estimate of drug-likeness (QED) is 0.261. The van der Waals surface area contributed by atoms with Gasteiger partial charge < -0.3 is 31.0 Å². The molecular weight excluding hydrogens is 462 g/mol. The number of imidazole rings is 1. The van der Waals surface area contributed by atoms with Gasteiger partial charge in [-0.2, -0.15) is 9.97 Å². The van der Waals surface area contributed by atoms with Crippen molar-refractivity contribution in [3.05, 3.63) is 22.4 Å². The number of rotatable bonds is 14. The highest BCUT2D eigenvalue weighted by Gasteiger charge is 2.17. The van der Waals surface area contributed by atoms with Gasteiger partial charge in [-0.25, -0.2) is 4.79 Å². The molecule has 0 unspecified atom stereocenters. The number of nitrogens with two attached hydrogens (primary N) is 2. The number of ether oxygens (including phenoxy) is 1. The van der Waals surface area contributed by atoms with Gasteiger partial charge in [0.1, 0.15) is 11.2 Å². The molecule has 5 N–H and O–H groups in total. The fraction of sp³-hybridized carbons (Fsp3) is 0.696. The molecule has 1 saturated heterocycles. The lowest BCUT2D eigenvalue weighted by Crippen LogP contribution is -2.47. The molecule has 0 aliphatic carbocycles. The molecule has 0 aromatic carbocycles. The molecule has 1 aliphatic rings. The van der Waals surface area contributed by atoms with Crippen molar-refractivity contribution >= 4 is 17.0 Å². The van der Waals surface area contributed by atoms with E-state index in [-0.39, 0.29) is 24.1 Å². The minimum Gasteiger partial charge on any atom is -0.463 e. The van der Waals surface area contributed by atoms with E-state index < -0.39 is 0 Å². The van der Waals surface area contributed by atoms with Gasteiger partial charge in [-0.15, -0.1) is 5.10 Å².